The average Bonchev–Trinajstić information content (AvgIpc) is 3.93. The van der Waals surface area contributed by atoms with Gasteiger partial charge in [-0.25, -0.2) is 0 Å². The smallest absolute Gasteiger partial charge is 0.120 e. The molecule has 3 aromatic heterocycles. The molecule has 11 rings (SSSR count). The largest absolute Gasteiger partial charge is 0.501 e. The maximum Gasteiger partial charge on any atom is 0.120 e. The van der Waals surface area contributed by atoms with Gasteiger partial charge in [0.15, 0.2) is 0 Å². The number of furan rings is 1. The fraction of sp³-hybridized carbons (Fsp3) is 0.226. The van der Waals surface area contributed by atoms with Crippen molar-refractivity contribution in [3.8, 4) is 50.6 Å². The Hall–Kier alpha value is -6.17. The monoisotopic (exact) mass is 1080 g/mol. The zero-order valence-corrected chi connectivity index (χ0v) is 43.5. The van der Waals surface area contributed by atoms with Crippen molar-refractivity contribution in [2.24, 2.45) is 5.92 Å². The van der Waals surface area contributed by atoms with E-state index in [1.54, 1.807) is 10.8 Å². The van der Waals surface area contributed by atoms with Crippen LogP contribution < -0.4 is 5.19 Å². The Kier molecular flexibility index (Phi) is 13.7. The maximum atomic E-state index is 6.53. The molecule has 343 valence electrons. The fourth-order valence-corrected chi connectivity index (χ4v) is 11.6. The SMILES string of the molecule is CC(C)(C)c1cc(-c2ccccc2)c(-n2c(-c3[c-]ccc4c3oc3ccccc34)nc3ccccc32)c(-c2ccccc2)c1.C[Si](C)(C)c1cnc(-c2[c-]cccc2)cc1CC1CCCCC1.[Ir]. The summed E-state index contributed by atoms with van der Waals surface area (Å²) in [7, 11) is -1.36. The van der Waals surface area contributed by atoms with Crippen molar-refractivity contribution in [1.82, 2.24) is 14.5 Å². The van der Waals surface area contributed by atoms with Gasteiger partial charge in [-0.15, -0.1) is 54.1 Å². The van der Waals surface area contributed by atoms with Crippen LogP contribution in [0.25, 0.3) is 83.6 Å². The van der Waals surface area contributed by atoms with Crippen LogP contribution in [0.15, 0.2) is 174 Å². The van der Waals surface area contributed by atoms with Crippen LogP contribution in [0.3, 0.4) is 0 Å². The van der Waals surface area contributed by atoms with Gasteiger partial charge in [-0.3, -0.25) is 4.98 Å². The molecule has 0 N–H and O–H groups in total. The Bertz CT molecular complexity index is 3260. The summed E-state index contributed by atoms with van der Waals surface area (Å²) in [5.41, 5.74) is 15.1. The molecule has 0 unspecified atom stereocenters. The first-order valence-corrected chi connectivity index (χ1v) is 27.6. The standard InChI is InChI=1S/C41H31N2O.C21H28NSi.Ir/c1-41(2,3)29-25-33(27-15-6-4-7-16-27)38(34(26-29)28-17-8-5-9-18-28)43-36-23-12-11-22-35(36)42-40(43)32-21-14-20-31-30-19-10-13-24-37(30)44-39(31)32;1-23(2,3)21-16-22-20(18-12-8-5-9-13-18)15-19(21)14-17-10-6-4-7-11-17;/h4-20,22-26H,1-3H3;5,8-9,12,15-17H,4,6-7,10-11,14H2,1-3H3;/q2*-1;. The van der Waals surface area contributed by atoms with Gasteiger partial charge in [0.05, 0.1) is 36.2 Å². The van der Waals surface area contributed by atoms with Crippen LogP contribution in [-0.2, 0) is 31.9 Å². The van der Waals surface area contributed by atoms with Crippen LogP contribution in [0.5, 0.6) is 0 Å². The van der Waals surface area contributed by atoms with Crippen molar-refractivity contribution in [3.63, 3.8) is 0 Å². The first-order chi connectivity index (χ1) is 32.5. The van der Waals surface area contributed by atoms with Crippen LogP contribution in [0, 0.1) is 18.1 Å². The number of fused-ring (bicyclic) bond motifs is 4. The van der Waals surface area contributed by atoms with E-state index < -0.39 is 8.07 Å². The molecule has 1 saturated carbocycles. The van der Waals surface area contributed by atoms with Crippen molar-refractivity contribution in [3.05, 3.63) is 193 Å². The van der Waals surface area contributed by atoms with E-state index in [0.717, 1.165) is 89.5 Å². The van der Waals surface area contributed by atoms with Gasteiger partial charge in [-0.2, -0.15) is 0 Å². The summed E-state index contributed by atoms with van der Waals surface area (Å²) in [6.07, 6.45) is 10.5. The summed E-state index contributed by atoms with van der Waals surface area (Å²) in [4.78, 5) is 10.1. The van der Waals surface area contributed by atoms with E-state index in [0.29, 0.717) is 0 Å². The van der Waals surface area contributed by atoms with Crippen molar-refractivity contribution < 1.29 is 24.5 Å². The zero-order valence-electron chi connectivity index (χ0n) is 40.1. The van der Waals surface area contributed by atoms with Gasteiger partial charge in [0.1, 0.15) is 5.58 Å². The van der Waals surface area contributed by atoms with Crippen molar-refractivity contribution in [2.45, 2.75) is 84.4 Å². The minimum Gasteiger partial charge on any atom is -0.501 e. The van der Waals surface area contributed by atoms with Crippen molar-refractivity contribution >= 4 is 46.2 Å². The van der Waals surface area contributed by atoms with Crippen LogP contribution in [-0.4, -0.2) is 22.6 Å². The molecule has 0 atom stereocenters. The Morgan fingerprint density at radius 3 is 1.99 bits per heavy atom. The van der Waals surface area contributed by atoms with Crippen LogP contribution in [0.2, 0.25) is 19.6 Å². The molecule has 4 nitrogen and oxygen atoms in total. The number of imidazole rings is 1. The van der Waals surface area contributed by atoms with Gasteiger partial charge in [-0.05, 0) is 75.7 Å². The quantitative estimate of drug-likeness (QED) is 0.112. The Balaban J connectivity index is 0.000000204. The van der Waals surface area contributed by atoms with Gasteiger partial charge >= 0.3 is 0 Å². The summed E-state index contributed by atoms with van der Waals surface area (Å²) in [5.74, 6) is 1.67. The van der Waals surface area contributed by atoms with Gasteiger partial charge in [0.2, 0.25) is 0 Å². The third-order valence-corrected chi connectivity index (χ3v) is 15.6. The van der Waals surface area contributed by atoms with E-state index in [4.69, 9.17) is 14.4 Å². The van der Waals surface area contributed by atoms with Crippen LogP contribution in [0.1, 0.15) is 64.0 Å². The molecule has 1 aliphatic carbocycles. The van der Waals surface area contributed by atoms with Gasteiger partial charge in [0, 0.05) is 42.8 Å². The molecule has 1 aliphatic rings. The molecule has 3 heterocycles. The molecule has 0 amide bonds. The van der Waals surface area contributed by atoms with Crippen molar-refractivity contribution in [2.75, 3.05) is 0 Å². The summed E-state index contributed by atoms with van der Waals surface area (Å²) in [6.45, 7) is 14.1. The molecule has 1 radical (unpaired) electrons. The predicted octanol–water partition coefficient (Wildman–Crippen LogP) is 16.2. The summed E-state index contributed by atoms with van der Waals surface area (Å²) in [6, 6.07) is 64.2. The molecule has 0 bridgehead atoms. The number of aromatic nitrogens is 3. The van der Waals surface area contributed by atoms with E-state index in [-0.39, 0.29) is 25.5 Å². The average molecular weight is 1080 g/mol. The minimum atomic E-state index is -1.36. The Morgan fingerprint density at radius 2 is 1.32 bits per heavy atom. The molecule has 0 spiro atoms. The number of pyridine rings is 1. The Labute approximate surface area is 416 Å². The zero-order chi connectivity index (χ0) is 46.1. The van der Waals surface area contributed by atoms with E-state index in [2.05, 4.69) is 191 Å². The number of rotatable bonds is 8. The van der Waals surface area contributed by atoms with E-state index >= 15 is 0 Å². The Morgan fingerprint density at radius 1 is 0.676 bits per heavy atom. The first kappa shape index (κ1) is 46.9. The van der Waals surface area contributed by atoms with E-state index in [9.17, 15) is 0 Å². The molecule has 0 aliphatic heterocycles. The van der Waals surface area contributed by atoms with Gasteiger partial charge < -0.3 is 14.0 Å². The molecule has 7 aromatic carbocycles. The minimum absolute atomic E-state index is 0. The molecule has 6 heteroatoms. The maximum absolute atomic E-state index is 6.53. The van der Waals surface area contributed by atoms with E-state index in [1.165, 1.54) is 44.1 Å². The van der Waals surface area contributed by atoms with E-state index in [1.807, 2.05) is 36.4 Å². The molecular formula is C62H59IrN3OSi-2. The first-order valence-electron chi connectivity index (χ1n) is 24.1. The third kappa shape index (κ3) is 9.60. The predicted molar refractivity (Wildman–Crippen MR) is 284 cm³/mol. The molecule has 68 heavy (non-hydrogen) atoms. The van der Waals surface area contributed by atoms with Crippen molar-refractivity contribution in [1.29, 1.82) is 0 Å². The molecule has 10 aromatic rings. The third-order valence-electron chi connectivity index (χ3n) is 13.5. The second kappa shape index (κ2) is 19.8. The molecular weight excluding hydrogens is 1020 g/mol. The van der Waals surface area contributed by atoms with Gasteiger partial charge in [0.25, 0.3) is 0 Å². The molecule has 1 fully saturated rings. The summed E-state index contributed by atoms with van der Waals surface area (Å²) >= 11 is 0. The number of benzene rings is 7. The number of hydrogen-bond donors (Lipinski definition) is 0. The normalized spacial score (nSPS) is 13.3. The molecule has 0 saturated heterocycles. The van der Waals surface area contributed by atoms with Crippen LogP contribution in [0.4, 0.5) is 0 Å². The number of nitrogens with zero attached hydrogens (tertiary/aromatic N) is 3. The van der Waals surface area contributed by atoms with Crippen LogP contribution >= 0.6 is 0 Å². The van der Waals surface area contributed by atoms with Gasteiger partial charge in [-0.1, -0.05) is 186 Å². The second-order valence-electron chi connectivity index (χ2n) is 20.3. The summed E-state index contributed by atoms with van der Waals surface area (Å²) < 4.78 is 8.86. The number of para-hydroxylation sites is 3. The number of hydrogen-bond acceptors (Lipinski definition) is 3. The second-order valence-corrected chi connectivity index (χ2v) is 25.4. The fourth-order valence-electron chi connectivity index (χ4n) is 10.0. The summed E-state index contributed by atoms with van der Waals surface area (Å²) in [5, 5.41) is 3.69. The topological polar surface area (TPSA) is 43.9 Å².